The van der Waals surface area contributed by atoms with Crippen molar-refractivity contribution in [1.29, 1.82) is 5.26 Å². The molecule has 1 rings (SSSR count). The third-order valence-corrected chi connectivity index (χ3v) is 2.57. The molecule has 0 bridgehead atoms. The van der Waals surface area contributed by atoms with Crippen molar-refractivity contribution in [3.63, 3.8) is 0 Å². The number of nitriles is 1. The van der Waals surface area contributed by atoms with Crippen molar-refractivity contribution in [3.05, 3.63) is 0 Å². The molecule has 0 unspecified atom stereocenters. The van der Waals surface area contributed by atoms with Crippen molar-refractivity contribution in [1.82, 2.24) is 0 Å². The molecule has 0 atom stereocenters. The van der Waals surface area contributed by atoms with Crippen LogP contribution in [-0.2, 0) is 4.79 Å². The van der Waals surface area contributed by atoms with Gasteiger partial charge in [-0.25, -0.2) is 4.79 Å². The van der Waals surface area contributed by atoms with Crippen molar-refractivity contribution >= 4 is 6.08 Å². The quantitative estimate of drug-likeness (QED) is 0.438. The topological polar surface area (TPSA) is 53.2 Å². The zero-order valence-corrected chi connectivity index (χ0v) is 7.21. The Labute approximate surface area is 72.1 Å². The summed E-state index contributed by atoms with van der Waals surface area (Å²) in [7, 11) is 0. The van der Waals surface area contributed by atoms with Crippen LogP contribution in [0, 0.1) is 17.2 Å². The van der Waals surface area contributed by atoms with E-state index in [0.717, 1.165) is 12.8 Å². The van der Waals surface area contributed by atoms with Crippen LogP contribution < -0.4 is 0 Å². The normalized spacial score (nSPS) is 34.8. The van der Waals surface area contributed by atoms with Gasteiger partial charge in [0.25, 0.3) is 0 Å². The Morgan fingerprint density at radius 1 is 1.50 bits per heavy atom. The van der Waals surface area contributed by atoms with Crippen LogP contribution >= 0.6 is 0 Å². The molecule has 0 saturated heterocycles. The standard InChI is InChI=1S/C9H12N2O/c1-8-2-4-9(6-10,5-3-8)11-7-12/h8H,2-5H2,1H3. The molecule has 0 heterocycles. The van der Waals surface area contributed by atoms with Gasteiger partial charge >= 0.3 is 0 Å². The summed E-state index contributed by atoms with van der Waals surface area (Å²) in [5, 5.41) is 8.84. The van der Waals surface area contributed by atoms with Crippen LogP contribution in [0.5, 0.6) is 0 Å². The first-order valence-electron chi connectivity index (χ1n) is 4.23. The molecular weight excluding hydrogens is 152 g/mol. The zero-order valence-electron chi connectivity index (χ0n) is 7.21. The number of isocyanates is 1. The Morgan fingerprint density at radius 2 is 2.08 bits per heavy atom. The largest absolute Gasteiger partial charge is 0.236 e. The second kappa shape index (κ2) is 3.51. The second-order valence-corrected chi connectivity index (χ2v) is 3.53. The van der Waals surface area contributed by atoms with E-state index in [9.17, 15) is 4.79 Å². The van der Waals surface area contributed by atoms with E-state index in [2.05, 4.69) is 18.0 Å². The second-order valence-electron chi connectivity index (χ2n) is 3.53. The fourth-order valence-electron chi connectivity index (χ4n) is 1.58. The van der Waals surface area contributed by atoms with Gasteiger partial charge in [0.05, 0.1) is 6.07 Å². The van der Waals surface area contributed by atoms with E-state index in [-0.39, 0.29) is 0 Å². The summed E-state index contributed by atoms with van der Waals surface area (Å²) in [5.74, 6) is 0.660. The summed E-state index contributed by atoms with van der Waals surface area (Å²) in [6.07, 6.45) is 4.88. The van der Waals surface area contributed by atoms with Crippen molar-refractivity contribution in [3.8, 4) is 6.07 Å². The lowest BCUT2D eigenvalue weighted by Crippen LogP contribution is -2.29. The third kappa shape index (κ3) is 1.72. The van der Waals surface area contributed by atoms with Gasteiger partial charge in [-0.3, -0.25) is 0 Å². The van der Waals surface area contributed by atoms with Crippen molar-refractivity contribution in [2.75, 3.05) is 0 Å². The smallest absolute Gasteiger partial charge is 0.211 e. The van der Waals surface area contributed by atoms with Gasteiger partial charge in [0.15, 0.2) is 5.54 Å². The molecule has 0 spiro atoms. The molecule has 1 aliphatic carbocycles. The van der Waals surface area contributed by atoms with Gasteiger partial charge in [-0.2, -0.15) is 10.3 Å². The molecule has 1 aliphatic rings. The molecule has 64 valence electrons. The molecule has 3 nitrogen and oxygen atoms in total. The van der Waals surface area contributed by atoms with Crippen LogP contribution in [-0.4, -0.2) is 11.6 Å². The average molecular weight is 164 g/mol. The molecule has 0 aromatic carbocycles. The summed E-state index contributed by atoms with van der Waals surface area (Å²) in [5.41, 5.74) is -0.742. The highest BCUT2D eigenvalue weighted by Gasteiger charge is 2.33. The number of hydrogen-bond donors (Lipinski definition) is 0. The molecule has 0 radical (unpaired) electrons. The van der Waals surface area contributed by atoms with E-state index in [4.69, 9.17) is 5.26 Å². The number of aliphatic imine (C=N–C) groups is 1. The van der Waals surface area contributed by atoms with Crippen LogP contribution in [0.25, 0.3) is 0 Å². The minimum atomic E-state index is -0.742. The monoisotopic (exact) mass is 164 g/mol. The molecule has 0 aromatic heterocycles. The van der Waals surface area contributed by atoms with E-state index in [0.29, 0.717) is 18.8 Å². The van der Waals surface area contributed by atoms with Gasteiger partial charge in [-0.15, -0.1) is 0 Å². The summed E-state index contributed by atoms with van der Waals surface area (Å²) >= 11 is 0. The number of hydrogen-bond acceptors (Lipinski definition) is 3. The average Bonchev–Trinajstić information content (AvgIpc) is 2.10. The molecule has 0 N–H and O–H groups in total. The van der Waals surface area contributed by atoms with E-state index in [1.165, 1.54) is 6.08 Å². The van der Waals surface area contributed by atoms with Crippen LogP contribution in [0.2, 0.25) is 0 Å². The lowest BCUT2D eigenvalue weighted by Gasteiger charge is -2.28. The van der Waals surface area contributed by atoms with Crippen LogP contribution in [0.15, 0.2) is 4.99 Å². The maximum Gasteiger partial charge on any atom is 0.236 e. The Hall–Kier alpha value is -1.13. The highest BCUT2D eigenvalue weighted by Crippen LogP contribution is 2.33. The molecule has 3 heteroatoms. The van der Waals surface area contributed by atoms with Crippen molar-refractivity contribution in [2.24, 2.45) is 10.9 Å². The molecule has 1 fully saturated rings. The lowest BCUT2D eigenvalue weighted by molar-refractivity contribution is 0.298. The van der Waals surface area contributed by atoms with Gasteiger partial charge in [-0.05, 0) is 31.6 Å². The molecule has 1 saturated carbocycles. The minimum absolute atomic E-state index is 0.660. The van der Waals surface area contributed by atoms with Crippen LogP contribution in [0.3, 0.4) is 0 Å². The fraction of sp³-hybridized carbons (Fsp3) is 0.778. The zero-order chi connectivity index (χ0) is 9.03. The van der Waals surface area contributed by atoms with E-state index in [1.54, 1.807) is 0 Å². The maximum atomic E-state index is 10.1. The first-order chi connectivity index (χ1) is 5.72. The summed E-state index contributed by atoms with van der Waals surface area (Å²) in [4.78, 5) is 13.7. The van der Waals surface area contributed by atoms with E-state index >= 15 is 0 Å². The Balaban J connectivity index is 2.71. The predicted octanol–water partition coefficient (Wildman–Crippen LogP) is 1.79. The first-order valence-corrected chi connectivity index (χ1v) is 4.23. The lowest BCUT2D eigenvalue weighted by atomic mass is 9.78. The van der Waals surface area contributed by atoms with Gasteiger partial charge < -0.3 is 0 Å². The first kappa shape index (κ1) is 8.96. The van der Waals surface area contributed by atoms with Crippen molar-refractivity contribution in [2.45, 2.75) is 38.1 Å². The Bertz CT molecular complexity index is 240. The van der Waals surface area contributed by atoms with E-state index < -0.39 is 5.54 Å². The van der Waals surface area contributed by atoms with Gasteiger partial charge in [0.1, 0.15) is 0 Å². The number of rotatable bonds is 1. The highest BCUT2D eigenvalue weighted by atomic mass is 16.1. The molecular formula is C9H12N2O. The number of nitrogens with zero attached hydrogens (tertiary/aromatic N) is 2. The van der Waals surface area contributed by atoms with Gasteiger partial charge in [0.2, 0.25) is 6.08 Å². The molecule has 0 amide bonds. The van der Waals surface area contributed by atoms with Gasteiger partial charge in [0, 0.05) is 0 Å². The maximum absolute atomic E-state index is 10.1. The van der Waals surface area contributed by atoms with E-state index in [1.807, 2.05) is 0 Å². The summed E-state index contributed by atoms with van der Waals surface area (Å²) in [6, 6.07) is 2.11. The van der Waals surface area contributed by atoms with Crippen LogP contribution in [0.4, 0.5) is 0 Å². The van der Waals surface area contributed by atoms with Gasteiger partial charge in [-0.1, -0.05) is 6.92 Å². The molecule has 0 aliphatic heterocycles. The Morgan fingerprint density at radius 3 is 2.50 bits per heavy atom. The predicted molar refractivity (Wildman–Crippen MR) is 44.1 cm³/mol. The fourth-order valence-corrected chi connectivity index (χ4v) is 1.58. The van der Waals surface area contributed by atoms with Crippen molar-refractivity contribution < 1.29 is 4.79 Å². The molecule has 0 aromatic rings. The van der Waals surface area contributed by atoms with Crippen LogP contribution in [0.1, 0.15) is 32.6 Å². The summed E-state index contributed by atoms with van der Waals surface area (Å²) < 4.78 is 0. The third-order valence-electron chi connectivity index (χ3n) is 2.57. The summed E-state index contributed by atoms with van der Waals surface area (Å²) in [6.45, 7) is 2.16. The Kier molecular flexibility index (Phi) is 2.62. The SMILES string of the molecule is CC1CCC(C#N)(N=C=O)CC1. The minimum Gasteiger partial charge on any atom is -0.211 e. The molecule has 12 heavy (non-hydrogen) atoms. The highest BCUT2D eigenvalue weighted by molar-refractivity contribution is 5.37. The number of carbonyl (C=O) groups excluding carboxylic acids is 1.